The molecular weight excluding hydrogens is 220 g/mol. The Bertz CT molecular complexity index is 228. The molecule has 2 unspecified atom stereocenters. The zero-order chi connectivity index (χ0) is 12.6. The highest BCUT2D eigenvalue weighted by Gasteiger charge is 2.25. The molecular formula is C12H24O3Si. The highest BCUT2D eigenvalue weighted by atomic mass is 28.3. The predicted octanol–water partition coefficient (Wildman–Crippen LogP) is 2.97. The van der Waals surface area contributed by atoms with Crippen molar-refractivity contribution in [2.24, 2.45) is 0 Å². The lowest BCUT2D eigenvalue weighted by atomic mass is 10.1. The number of aliphatic carboxylic acids is 1. The summed E-state index contributed by atoms with van der Waals surface area (Å²) in [5.74, 6) is -0.878. The topological polar surface area (TPSA) is 46.5 Å². The first-order valence-corrected chi connectivity index (χ1v) is 8.37. The number of carboxylic acid groups (broad SMARTS) is 1. The normalized spacial score (nSPS) is 14.4. The van der Waals surface area contributed by atoms with Crippen LogP contribution < -0.4 is 0 Å². The Kier molecular flexibility index (Phi) is 8.20. The second-order valence-corrected chi connectivity index (χ2v) is 6.70. The summed E-state index contributed by atoms with van der Waals surface area (Å²) < 4.78 is 5.78. The van der Waals surface area contributed by atoms with Crippen LogP contribution in [0.1, 0.15) is 39.5 Å². The molecule has 0 aliphatic carbocycles. The number of unbranched alkanes of at least 4 members (excludes halogenated alkanes) is 1. The van der Waals surface area contributed by atoms with Gasteiger partial charge in [-0.15, -0.1) is 0 Å². The number of rotatable bonds is 9. The van der Waals surface area contributed by atoms with Crippen LogP contribution in [0.2, 0.25) is 12.1 Å². The minimum Gasteiger partial charge on any atom is -0.478 e. The van der Waals surface area contributed by atoms with E-state index in [1.165, 1.54) is 0 Å². The molecule has 0 aliphatic rings. The largest absolute Gasteiger partial charge is 0.478 e. The van der Waals surface area contributed by atoms with Gasteiger partial charge < -0.3 is 9.53 Å². The molecule has 3 nitrogen and oxygen atoms in total. The summed E-state index contributed by atoms with van der Waals surface area (Å²) in [7, 11) is -1.46. The van der Waals surface area contributed by atoms with Gasteiger partial charge in [-0.1, -0.05) is 33.3 Å². The Hall–Kier alpha value is -0.613. The van der Waals surface area contributed by atoms with Crippen LogP contribution in [-0.4, -0.2) is 26.7 Å². The zero-order valence-electron chi connectivity index (χ0n) is 10.7. The molecule has 0 aromatic heterocycles. The van der Waals surface area contributed by atoms with E-state index in [1.54, 1.807) is 0 Å². The number of carbonyl (C=O) groups is 1. The lowest BCUT2D eigenvalue weighted by Gasteiger charge is -2.22. The minimum atomic E-state index is -1.46. The molecule has 94 valence electrons. The van der Waals surface area contributed by atoms with E-state index < -0.39 is 15.0 Å². The third kappa shape index (κ3) is 5.46. The van der Waals surface area contributed by atoms with Gasteiger partial charge in [0.25, 0.3) is 0 Å². The van der Waals surface area contributed by atoms with Crippen LogP contribution >= 0.6 is 0 Å². The summed E-state index contributed by atoms with van der Waals surface area (Å²) in [6.45, 7) is 10.7. The Morgan fingerprint density at radius 2 is 2.06 bits per heavy atom. The zero-order valence-corrected chi connectivity index (χ0v) is 11.8. The van der Waals surface area contributed by atoms with E-state index in [0.29, 0.717) is 5.57 Å². The summed E-state index contributed by atoms with van der Waals surface area (Å²) in [5.41, 5.74) is 0.400. The van der Waals surface area contributed by atoms with Crippen LogP contribution in [-0.2, 0) is 9.22 Å². The van der Waals surface area contributed by atoms with Crippen molar-refractivity contribution in [1.82, 2.24) is 0 Å². The van der Waals surface area contributed by atoms with E-state index in [9.17, 15) is 4.79 Å². The van der Waals surface area contributed by atoms with Gasteiger partial charge in [-0.05, 0) is 19.4 Å². The minimum absolute atomic E-state index is 0.0688. The third-order valence-corrected chi connectivity index (χ3v) is 5.40. The monoisotopic (exact) mass is 244 g/mol. The Morgan fingerprint density at radius 1 is 1.44 bits per heavy atom. The van der Waals surface area contributed by atoms with Crippen molar-refractivity contribution in [2.75, 3.05) is 6.61 Å². The Balaban J connectivity index is 4.28. The molecule has 0 heterocycles. The smallest absolute Gasteiger partial charge is 0.331 e. The fraction of sp³-hybridized carbons (Fsp3) is 0.750. The van der Waals surface area contributed by atoms with Crippen molar-refractivity contribution in [3.05, 3.63) is 12.2 Å². The Morgan fingerprint density at radius 3 is 2.50 bits per heavy atom. The molecule has 0 amide bonds. The molecule has 0 fully saturated rings. The van der Waals surface area contributed by atoms with Crippen LogP contribution in [0.5, 0.6) is 0 Å². The van der Waals surface area contributed by atoms with Crippen LogP contribution in [0.15, 0.2) is 12.2 Å². The fourth-order valence-corrected chi connectivity index (χ4v) is 3.97. The molecule has 0 saturated heterocycles. The number of carboxylic acids is 1. The maximum atomic E-state index is 10.9. The molecule has 1 N–H and O–H groups in total. The molecule has 4 heteroatoms. The molecule has 0 aromatic carbocycles. The predicted molar refractivity (Wildman–Crippen MR) is 69.3 cm³/mol. The highest BCUT2D eigenvalue weighted by molar-refractivity contribution is 6.53. The van der Waals surface area contributed by atoms with E-state index in [1.807, 2.05) is 0 Å². The van der Waals surface area contributed by atoms with E-state index in [2.05, 4.69) is 27.0 Å². The van der Waals surface area contributed by atoms with Crippen molar-refractivity contribution < 1.29 is 14.3 Å². The summed E-state index contributed by atoms with van der Waals surface area (Å²) in [6.07, 6.45) is 4.02. The van der Waals surface area contributed by atoms with E-state index >= 15 is 0 Å². The van der Waals surface area contributed by atoms with Gasteiger partial charge in [0.1, 0.15) is 0 Å². The van der Waals surface area contributed by atoms with Crippen LogP contribution in [0.25, 0.3) is 0 Å². The van der Waals surface area contributed by atoms with Gasteiger partial charge in [0, 0.05) is 17.7 Å². The summed E-state index contributed by atoms with van der Waals surface area (Å²) >= 11 is 0. The molecule has 0 saturated carbocycles. The first-order chi connectivity index (χ1) is 7.54. The average molecular weight is 244 g/mol. The Labute approximate surface area is 100 Å². The van der Waals surface area contributed by atoms with Gasteiger partial charge in [-0.2, -0.15) is 0 Å². The van der Waals surface area contributed by atoms with Gasteiger partial charge in [0.15, 0.2) is 9.04 Å². The van der Waals surface area contributed by atoms with E-state index in [-0.39, 0.29) is 5.54 Å². The van der Waals surface area contributed by atoms with Crippen LogP contribution in [0.3, 0.4) is 0 Å². The number of hydrogen-bond acceptors (Lipinski definition) is 2. The maximum Gasteiger partial charge on any atom is 0.331 e. The first-order valence-electron chi connectivity index (χ1n) is 6.08. The summed E-state index contributed by atoms with van der Waals surface area (Å²) in [6, 6.07) is 0. The second kappa shape index (κ2) is 8.53. The molecule has 0 aromatic rings. The average Bonchev–Trinajstić information content (AvgIpc) is 2.25. The number of hydrogen-bond donors (Lipinski definition) is 1. The molecule has 16 heavy (non-hydrogen) atoms. The lowest BCUT2D eigenvalue weighted by molar-refractivity contribution is -0.132. The summed E-state index contributed by atoms with van der Waals surface area (Å²) in [4.78, 5) is 10.9. The first kappa shape index (κ1) is 15.4. The van der Waals surface area contributed by atoms with Crippen LogP contribution in [0.4, 0.5) is 0 Å². The second-order valence-electron chi connectivity index (χ2n) is 4.16. The third-order valence-electron chi connectivity index (χ3n) is 2.77. The van der Waals surface area contributed by atoms with Crippen LogP contribution in [0, 0.1) is 0 Å². The molecule has 0 spiro atoms. The SMILES string of the molecule is C=C(C(=O)O)C(CCC)[SiH](C)OCCCC. The van der Waals surface area contributed by atoms with Gasteiger partial charge in [-0.3, -0.25) is 0 Å². The van der Waals surface area contributed by atoms with E-state index in [4.69, 9.17) is 9.53 Å². The van der Waals surface area contributed by atoms with Crippen molar-refractivity contribution in [2.45, 2.75) is 51.6 Å². The molecule has 0 aliphatic heterocycles. The lowest BCUT2D eigenvalue weighted by Crippen LogP contribution is -2.25. The van der Waals surface area contributed by atoms with Crippen molar-refractivity contribution in [3.8, 4) is 0 Å². The van der Waals surface area contributed by atoms with Gasteiger partial charge in [0.2, 0.25) is 0 Å². The molecule has 2 atom stereocenters. The maximum absolute atomic E-state index is 10.9. The molecule has 0 bridgehead atoms. The van der Waals surface area contributed by atoms with Gasteiger partial charge in [0.05, 0.1) is 0 Å². The van der Waals surface area contributed by atoms with Crippen molar-refractivity contribution in [3.63, 3.8) is 0 Å². The summed E-state index contributed by atoms with van der Waals surface area (Å²) in [5, 5.41) is 8.97. The van der Waals surface area contributed by atoms with Gasteiger partial charge >= 0.3 is 5.97 Å². The molecule has 0 radical (unpaired) electrons. The standard InChI is InChI=1S/C12H24O3Si/c1-5-7-9-15-16(4)11(8-6-2)10(3)12(13)14/h11,16H,3,5-9H2,1-2,4H3,(H,13,14). The quantitative estimate of drug-likeness (QED) is 0.385. The highest BCUT2D eigenvalue weighted by Crippen LogP contribution is 2.26. The van der Waals surface area contributed by atoms with E-state index in [0.717, 1.165) is 32.3 Å². The molecule has 0 rings (SSSR count). The van der Waals surface area contributed by atoms with Crippen molar-refractivity contribution >= 4 is 15.0 Å². The van der Waals surface area contributed by atoms with Crippen molar-refractivity contribution in [1.29, 1.82) is 0 Å². The fourth-order valence-electron chi connectivity index (χ4n) is 1.69. The van der Waals surface area contributed by atoms with Gasteiger partial charge in [-0.25, -0.2) is 4.79 Å².